The number of amides is 1. The third-order valence-corrected chi connectivity index (χ3v) is 20.0. The molecule has 3 fully saturated rings. The van der Waals surface area contributed by atoms with Crippen LogP contribution in [-0.4, -0.2) is 104 Å². The Morgan fingerprint density at radius 3 is 2.38 bits per heavy atom. The van der Waals surface area contributed by atoms with Crippen molar-refractivity contribution in [3.63, 3.8) is 0 Å². The number of carbonyl (C=O) groups is 1. The highest BCUT2D eigenvalue weighted by atomic mass is 32.2. The fourth-order valence-corrected chi connectivity index (χ4v) is 16.2. The van der Waals surface area contributed by atoms with Crippen LogP contribution in [0.1, 0.15) is 106 Å². The lowest BCUT2D eigenvalue weighted by molar-refractivity contribution is 0.0232. The Morgan fingerprint density at radius 2 is 1.70 bits per heavy atom. The summed E-state index contributed by atoms with van der Waals surface area (Å²) >= 11 is 0. The number of hydrazine groups is 1. The number of hydrogen-bond donors (Lipinski definition) is 1. The number of carbonyl (C=O) groups excluding carboxylic acids is 1. The number of fused-ring (bicyclic) bond motifs is 3. The summed E-state index contributed by atoms with van der Waals surface area (Å²) < 4.78 is 89.1. The Morgan fingerprint density at radius 1 is 1.00 bits per heavy atom. The quantitative estimate of drug-likeness (QED) is 0.121. The lowest BCUT2D eigenvalue weighted by atomic mass is 9.95. The number of alkyl halides is 1. The molecular formula is C47H62F3N7O5SSi. The van der Waals surface area contributed by atoms with Crippen LogP contribution in [0.15, 0.2) is 30.5 Å². The molecule has 64 heavy (non-hydrogen) atoms. The largest absolute Gasteiger partial charge is 0.461 e. The van der Waals surface area contributed by atoms with Gasteiger partial charge in [-0.15, -0.1) is 5.54 Å². The predicted octanol–water partition coefficient (Wildman–Crippen LogP) is 10.2. The SMILES string of the molecule is CC(C)[Si](C#Cc1c(F)ccc2cc(NS(C)(=O)=O)cc(-c3ncc4c(N5CCCCCN5C(=O)OC(C)(C)C)nc(OC[C@@]56CCCN5C[C@H](F)C6)nc4c3F)c12)(C(C)C)C(C)C. The fraction of sp³-hybridized carbons (Fsp3) is 0.574. The molecule has 3 saturated heterocycles. The van der Waals surface area contributed by atoms with Gasteiger partial charge in [0, 0.05) is 48.9 Å². The molecule has 0 spiro atoms. The maximum Gasteiger partial charge on any atom is 0.429 e. The molecule has 5 heterocycles. The summed E-state index contributed by atoms with van der Waals surface area (Å²) in [7, 11) is -6.22. The number of hydrogen-bond acceptors (Lipinski definition) is 10. The summed E-state index contributed by atoms with van der Waals surface area (Å²) in [6.45, 7) is 20.0. The van der Waals surface area contributed by atoms with E-state index in [1.807, 2.05) is 0 Å². The highest BCUT2D eigenvalue weighted by Gasteiger charge is 2.49. The van der Waals surface area contributed by atoms with Gasteiger partial charge in [0.05, 0.1) is 22.7 Å². The van der Waals surface area contributed by atoms with Crippen molar-refractivity contribution < 1.29 is 35.9 Å². The summed E-state index contributed by atoms with van der Waals surface area (Å²) in [5, 5.41) is 3.96. The third-order valence-electron chi connectivity index (χ3n) is 13.1. The average Bonchev–Trinajstić information content (AvgIpc) is 3.59. The van der Waals surface area contributed by atoms with E-state index in [9.17, 15) is 17.6 Å². The fourth-order valence-electron chi connectivity index (χ4n) is 10.4. The molecule has 12 nitrogen and oxygen atoms in total. The highest BCUT2D eigenvalue weighted by molar-refractivity contribution is 7.92. The molecular weight excluding hydrogens is 860 g/mol. The van der Waals surface area contributed by atoms with Crippen molar-refractivity contribution >= 4 is 57.4 Å². The average molecular weight is 922 g/mol. The minimum Gasteiger partial charge on any atom is -0.461 e. The summed E-state index contributed by atoms with van der Waals surface area (Å²) in [5.41, 5.74) is 2.77. The van der Waals surface area contributed by atoms with Gasteiger partial charge in [-0.1, -0.05) is 53.5 Å². The third kappa shape index (κ3) is 9.37. The number of pyridine rings is 1. The number of rotatable bonds is 10. The standard InChI is InChI=1S/C47H62F3N7O5SSi/c1-29(2)64(30(3)4,31(5)6)22-17-35-38(49)16-15-32-23-34(54-63(10,59)60)24-36(39(32)35)41-40(50)42-37(26-51-41)43(56-20-12-11-13-21-57(56)45(58)62-46(7,8)9)53-44(52-42)61-28-47-18-14-19-55(47)27-33(48)25-47/h15-16,23-24,26,29-31,33,54H,11-14,18-21,25,27-28H2,1-10H3/t33-,47+/m1/s1. The van der Waals surface area contributed by atoms with Crippen LogP contribution in [0.25, 0.3) is 32.9 Å². The number of benzene rings is 2. The number of aromatic nitrogens is 3. The lowest BCUT2D eigenvalue weighted by Gasteiger charge is -2.38. The molecule has 7 rings (SSSR count). The molecule has 2 atom stereocenters. The van der Waals surface area contributed by atoms with Crippen LogP contribution in [0.2, 0.25) is 16.6 Å². The number of anilines is 2. The van der Waals surface area contributed by atoms with Crippen LogP contribution in [0, 0.1) is 23.1 Å². The highest BCUT2D eigenvalue weighted by Crippen LogP contribution is 2.44. The first-order valence-electron chi connectivity index (χ1n) is 22.5. The van der Waals surface area contributed by atoms with Crippen molar-refractivity contribution in [3.8, 4) is 28.7 Å². The van der Waals surface area contributed by atoms with Crippen molar-refractivity contribution in [2.45, 2.75) is 135 Å². The van der Waals surface area contributed by atoms with Crippen molar-refractivity contribution in [1.82, 2.24) is 24.9 Å². The molecule has 1 amide bonds. The molecule has 4 aromatic rings. The minimum atomic E-state index is -3.81. The zero-order valence-corrected chi connectivity index (χ0v) is 40.6. The van der Waals surface area contributed by atoms with Crippen LogP contribution in [0.5, 0.6) is 6.01 Å². The van der Waals surface area contributed by atoms with E-state index in [-0.39, 0.29) is 80.3 Å². The van der Waals surface area contributed by atoms with Gasteiger partial charge in [-0.3, -0.25) is 19.6 Å². The van der Waals surface area contributed by atoms with Gasteiger partial charge in [0.1, 0.15) is 43.5 Å². The van der Waals surface area contributed by atoms with E-state index in [1.165, 1.54) is 29.4 Å². The molecule has 2 aromatic heterocycles. The maximum absolute atomic E-state index is 17.9. The molecule has 0 bridgehead atoms. The predicted molar refractivity (Wildman–Crippen MR) is 249 cm³/mol. The lowest BCUT2D eigenvalue weighted by Crippen LogP contribution is -2.49. The van der Waals surface area contributed by atoms with Gasteiger partial charge in [-0.25, -0.2) is 31.4 Å². The normalized spacial score (nSPS) is 20.0. The van der Waals surface area contributed by atoms with Crippen LogP contribution in [0.4, 0.5) is 29.5 Å². The Kier molecular flexibility index (Phi) is 13.3. The Balaban J connectivity index is 1.48. The van der Waals surface area contributed by atoms with Gasteiger partial charge in [-0.05, 0) is 99.6 Å². The number of halogens is 3. The number of nitrogens with one attached hydrogen (secondary N) is 1. The second kappa shape index (κ2) is 18.0. The first kappa shape index (κ1) is 47.3. The molecule has 1 N–H and O–H groups in total. The number of ether oxygens (including phenoxy) is 2. The maximum atomic E-state index is 17.9. The van der Waals surface area contributed by atoms with Crippen LogP contribution in [-0.2, 0) is 14.8 Å². The molecule has 2 aromatic carbocycles. The second-order valence-electron chi connectivity index (χ2n) is 19.7. The number of nitrogens with zero attached hydrogens (tertiary/aromatic N) is 6. The summed E-state index contributed by atoms with van der Waals surface area (Å²) in [4.78, 5) is 30.1. The van der Waals surface area contributed by atoms with Crippen LogP contribution in [0.3, 0.4) is 0 Å². The Hall–Kier alpha value is -4.66. The van der Waals surface area contributed by atoms with Crippen molar-refractivity contribution in [2.75, 3.05) is 48.8 Å². The molecule has 0 saturated carbocycles. The van der Waals surface area contributed by atoms with E-state index in [2.05, 4.69) is 72.6 Å². The van der Waals surface area contributed by atoms with Gasteiger partial charge in [0.25, 0.3) is 0 Å². The van der Waals surface area contributed by atoms with Crippen molar-refractivity contribution in [3.05, 3.63) is 47.7 Å². The zero-order chi connectivity index (χ0) is 46.5. The van der Waals surface area contributed by atoms with E-state index in [4.69, 9.17) is 14.5 Å². The van der Waals surface area contributed by atoms with E-state index in [1.54, 1.807) is 31.8 Å². The summed E-state index contributed by atoms with van der Waals surface area (Å²) in [6, 6.07) is 5.62. The first-order valence-corrected chi connectivity index (χ1v) is 26.6. The minimum absolute atomic E-state index is 0.0478. The molecule has 3 aliphatic rings. The van der Waals surface area contributed by atoms with E-state index >= 15 is 8.78 Å². The van der Waals surface area contributed by atoms with Crippen molar-refractivity contribution in [2.24, 2.45) is 0 Å². The monoisotopic (exact) mass is 921 g/mol. The van der Waals surface area contributed by atoms with Gasteiger partial charge >= 0.3 is 12.1 Å². The second-order valence-corrected chi connectivity index (χ2v) is 27.1. The van der Waals surface area contributed by atoms with E-state index < -0.39 is 53.1 Å². The molecule has 0 radical (unpaired) electrons. The first-order chi connectivity index (χ1) is 30.0. The summed E-state index contributed by atoms with van der Waals surface area (Å²) in [5.74, 6) is 1.89. The van der Waals surface area contributed by atoms with Crippen LogP contribution >= 0.6 is 0 Å². The molecule has 0 aliphatic carbocycles. The molecule has 0 unspecified atom stereocenters. The van der Waals surface area contributed by atoms with Gasteiger partial charge in [-0.2, -0.15) is 9.97 Å². The van der Waals surface area contributed by atoms with E-state index in [0.29, 0.717) is 37.9 Å². The Bertz CT molecular complexity index is 2590. The van der Waals surface area contributed by atoms with Gasteiger partial charge in [0.2, 0.25) is 10.0 Å². The van der Waals surface area contributed by atoms with Crippen molar-refractivity contribution in [1.29, 1.82) is 0 Å². The smallest absolute Gasteiger partial charge is 0.429 e. The molecule has 17 heteroatoms. The number of sulfonamides is 1. The molecule has 346 valence electrons. The van der Waals surface area contributed by atoms with Gasteiger partial charge in [0.15, 0.2) is 11.6 Å². The summed E-state index contributed by atoms with van der Waals surface area (Å²) in [6.07, 6.45) is 4.87. The topological polar surface area (TPSA) is 130 Å². The Labute approximate surface area is 376 Å². The zero-order valence-electron chi connectivity index (χ0n) is 38.7. The molecule has 3 aliphatic heterocycles. The van der Waals surface area contributed by atoms with Crippen LogP contribution < -0.4 is 14.5 Å². The van der Waals surface area contributed by atoms with Gasteiger partial charge < -0.3 is 9.47 Å². The van der Waals surface area contributed by atoms with E-state index in [0.717, 1.165) is 32.1 Å².